The van der Waals surface area contributed by atoms with Crippen LogP contribution in [0.4, 0.5) is 18.9 Å². The van der Waals surface area contributed by atoms with Crippen LogP contribution in [0.1, 0.15) is 16.1 Å². The first-order valence-electron chi connectivity index (χ1n) is 10.4. The number of amides is 1. The summed E-state index contributed by atoms with van der Waals surface area (Å²) in [7, 11) is 1.59. The molecule has 0 saturated carbocycles. The fourth-order valence-corrected chi connectivity index (χ4v) is 4.12. The first-order chi connectivity index (χ1) is 16.7. The van der Waals surface area contributed by atoms with Gasteiger partial charge < -0.3 is 14.4 Å². The van der Waals surface area contributed by atoms with Crippen molar-refractivity contribution in [2.45, 2.75) is 6.18 Å². The Morgan fingerprint density at radius 2 is 1.74 bits per heavy atom. The van der Waals surface area contributed by atoms with Gasteiger partial charge in [-0.2, -0.15) is 18.3 Å². The summed E-state index contributed by atoms with van der Waals surface area (Å²) in [6.07, 6.45) is -4.75. The van der Waals surface area contributed by atoms with Crippen LogP contribution in [0.25, 0.3) is 16.9 Å². The van der Waals surface area contributed by atoms with Gasteiger partial charge in [0.05, 0.1) is 16.4 Å². The molecule has 0 atom stereocenters. The Hall–Kier alpha value is -3.98. The monoisotopic (exact) mass is 499 g/mol. The summed E-state index contributed by atoms with van der Waals surface area (Å²) in [5, 5.41) is 3.26. The Bertz CT molecular complexity index is 1420. The van der Waals surface area contributed by atoms with Crippen molar-refractivity contribution in [1.82, 2.24) is 9.78 Å². The minimum absolute atomic E-state index is 0.0771. The fourth-order valence-electron chi connectivity index (χ4n) is 3.79. The minimum Gasteiger partial charge on any atom is -0.454 e. The second kappa shape index (κ2) is 8.66. The summed E-state index contributed by atoms with van der Waals surface area (Å²) in [6, 6.07) is 19.7. The van der Waals surface area contributed by atoms with E-state index in [9.17, 15) is 18.0 Å². The largest absolute Gasteiger partial charge is 0.454 e. The zero-order chi connectivity index (χ0) is 24.7. The molecule has 178 valence electrons. The van der Waals surface area contributed by atoms with Gasteiger partial charge in [0.1, 0.15) is 0 Å². The quantitative estimate of drug-likeness (QED) is 0.334. The van der Waals surface area contributed by atoms with Crippen molar-refractivity contribution >= 4 is 23.2 Å². The van der Waals surface area contributed by atoms with Crippen molar-refractivity contribution in [2.24, 2.45) is 0 Å². The number of fused-ring (bicyclic) bond motifs is 1. The van der Waals surface area contributed by atoms with E-state index in [0.29, 0.717) is 22.7 Å². The van der Waals surface area contributed by atoms with E-state index in [2.05, 4.69) is 5.10 Å². The summed E-state index contributed by atoms with van der Waals surface area (Å²) in [4.78, 5) is 14.6. The summed E-state index contributed by atoms with van der Waals surface area (Å²) in [5.74, 6) is 0.733. The molecule has 6 nitrogen and oxygen atoms in total. The lowest BCUT2D eigenvalue weighted by Crippen LogP contribution is -2.26. The highest BCUT2D eigenvalue weighted by molar-refractivity contribution is 6.34. The number of benzene rings is 3. The zero-order valence-corrected chi connectivity index (χ0v) is 19.0. The predicted molar refractivity (Wildman–Crippen MR) is 124 cm³/mol. The van der Waals surface area contributed by atoms with Gasteiger partial charge in [0.2, 0.25) is 6.79 Å². The number of halogens is 4. The van der Waals surface area contributed by atoms with Crippen molar-refractivity contribution in [3.63, 3.8) is 0 Å². The van der Waals surface area contributed by atoms with Crippen molar-refractivity contribution in [1.29, 1.82) is 0 Å². The number of ether oxygens (including phenoxy) is 2. The highest BCUT2D eigenvalue weighted by Crippen LogP contribution is 2.41. The molecule has 1 amide bonds. The molecule has 0 unspecified atom stereocenters. The molecule has 2 heterocycles. The third-order valence-electron chi connectivity index (χ3n) is 5.53. The maximum absolute atomic E-state index is 13.6. The van der Waals surface area contributed by atoms with E-state index in [4.69, 9.17) is 21.1 Å². The van der Waals surface area contributed by atoms with Gasteiger partial charge in [0, 0.05) is 29.9 Å². The molecule has 0 aliphatic carbocycles. The van der Waals surface area contributed by atoms with Gasteiger partial charge in [-0.05, 0) is 30.3 Å². The van der Waals surface area contributed by atoms with Crippen LogP contribution < -0.4 is 14.4 Å². The Kier molecular flexibility index (Phi) is 5.64. The molecule has 0 spiro atoms. The van der Waals surface area contributed by atoms with Gasteiger partial charge in [-0.3, -0.25) is 4.79 Å². The fraction of sp³-hybridized carbons (Fsp3) is 0.120. The van der Waals surface area contributed by atoms with E-state index >= 15 is 0 Å². The van der Waals surface area contributed by atoms with Crippen LogP contribution in [-0.2, 0) is 6.18 Å². The van der Waals surface area contributed by atoms with E-state index in [1.807, 2.05) is 0 Å². The van der Waals surface area contributed by atoms with Crippen LogP contribution in [0.3, 0.4) is 0 Å². The number of carbonyl (C=O) groups excluding carboxylic acids is 1. The van der Waals surface area contributed by atoms with Crippen LogP contribution >= 0.6 is 11.6 Å². The summed E-state index contributed by atoms with van der Waals surface area (Å²) in [6.45, 7) is 0.106. The number of hydrogen-bond donors (Lipinski definition) is 0. The average molecular weight is 500 g/mol. The number of nitrogens with zero attached hydrogens (tertiary/aromatic N) is 3. The number of hydrogen-bond acceptors (Lipinski definition) is 4. The van der Waals surface area contributed by atoms with Crippen LogP contribution in [0.15, 0.2) is 72.8 Å². The normalized spacial score (nSPS) is 12.6. The standard InChI is InChI=1S/C25H17ClF3N3O3/c1-31(17-10-11-19-20(13-17)35-14-34-19)24(33)16-8-5-9-18(12-16)32-22(15-6-3-2-4-7-15)21(26)23(30-32)25(27,28)29/h2-13H,14H2,1H3. The Balaban J connectivity index is 1.55. The topological polar surface area (TPSA) is 56.6 Å². The maximum atomic E-state index is 13.6. The van der Waals surface area contributed by atoms with Gasteiger partial charge in [0.25, 0.3) is 5.91 Å². The molecular formula is C25H17ClF3N3O3. The molecule has 1 aliphatic rings. The highest BCUT2D eigenvalue weighted by Gasteiger charge is 2.39. The smallest absolute Gasteiger partial charge is 0.436 e. The van der Waals surface area contributed by atoms with E-state index in [1.165, 1.54) is 11.0 Å². The predicted octanol–water partition coefficient (Wildman–Crippen LogP) is 6.22. The molecule has 1 aromatic heterocycles. The van der Waals surface area contributed by atoms with Gasteiger partial charge in [-0.15, -0.1) is 0 Å². The van der Waals surface area contributed by atoms with Crippen LogP contribution in [0, 0.1) is 0 Å². The lowest BCUT2D eigenvalue weighted by Gasteiger charge is -2.18. The molecule has 1 aliphatic heterocycles. The lowest BCUT2D eigenvalue weighted by molar-refractivity contribution is -0.141. The summed E-state index contributed by atoms with van der Waals surface area (Å²) < 4.78 is 52.7. The summed E-state index contributed by atoms with van der Waals surface area (Å²) in [5.41, 5.74) is 0.402. The molecule has 10 heteroatoms. The molecule has 0 saturated heterocycles. The maximum Gasteiger partial charge on any atom is 0.436 e. The molecule has 0 bridgehead atoms. The molecule has 0 N–H and O–H groups in total. The van der Waals surface area contributed by atoms with Crippen molar-refractivity contribution in [2.75, 3.05) is 18.7 Å². The van der Waals surface area contributed by atoms with Crippen molar-refractivity contribution in [3.8, 4) is 28.4 Å². The first-order valence-corrected chi connectivity index (χ1v) is 10.8. The number of alkyl halides is 3. The number of anilines is 1. The molecule has 35 heavy (non-hydrogen) atoms. The first kappa shape index (κ1) is 22.8. The number of aromatic nitrogens is 2. The minimum atomic E-state index is -4.75. The van der Waals surface area contributed by atoms with E-state index in [0.717, 1.165) is 4.68 Å². The second-order valence-electron chi connectivity index (χ2n) is 7.74. The Morgan fingerprint density at radius 1 is 1.00 bits per heavy atom. The Labute approximate surface area is 203 Å². The Morgan fingerprint density at radius 3 is 2.49 bits per heavy atom. The van der Waals surface area contributed by atoms with Crippen LogP contribution in [-0.4, -0.2) is 29.5 Å². The molecule has 4 aromatic rings. The molecule has 5 rings (SSSR count). The number of rotatable bonds is 4. The van der Waals surface area contributed by atoms with Crippen LogP contribution in [0.5, 0.6) is 11.5 Å². The second-order valence-corrected chi connectivity index (χ2v) is 8.12. The molecular weight excluding hydrogens is 483 g/mol. The van der Waals surface area contributed by atoms with Gasteiger partial charge in [0.15, 0.2) is 17.2 Å². The lowest BCUT2D eigenvalue weighted by atomic mass is 10.1. The molecule has 0 radical (unpaired) electrons. The van der Waals surface area contributed by atoms with Gasteiger partial charge in [-0.25, -0.2) is 4.68 Å². The SMILES string of the molecule is CN(C(=O)c1cccc(-n2nc(C(F)(F)F)c(Cl)c2-c2ccccc2)c1)c1ccc2c(c1)OCO2. The highest BCUT2D eigenvalue weighted by atomic mass is 35.5. The number of carbonyl (C=O) groups is 1. The van der Waals surface area contributed by atoms with E-state index in [1.54, 1.807) is 73.8 Å². The van der Waals surface area contributed by atoms with Gasteiger partial charge in [-0.1, -0.05) is 48.0 Å². The third kappa shape index (κ3) is 4.19. The van der Waals surface area contributed by atoms with E-state index in [-0.39, 0.29) is 29.6 Å². The van der Waals surface area contributed by atoms with Crippen molar-refractivity contribution < 1.29 is 27.4 Å². The molecule has 0 fully saturated rings. The third-order valence-corrected chi connectivity index (χ3v) is 5.89. The van der Waals surface area contributed by atoms with E-state index < -0.39 is 16.9 Å². The van der Waals surface area contributed by atoms with Gasteiger partial charge >= 0.3 is 6.18 Å². The zero-order valence-electron chi connectivity index (χ0n) is 18.2. The average Bonchev–Trinajstić information content (AvgIpc) is 3.47. The van der Waals surface area contributed by atoms with Crippen LogP contribution in [0.2, 0.25) is 5.02 Å². The summed E-state index contributed by atoms with van der Waals surface area (Å²) >= 11 is 6.18. The molecule has 3 aromatic carbocycles. The van der Waals surface area contributed by atoms with Crippen molar-refractivity contribution in [3.05, 3.63) is 89.1 Å².